The van der Waals surface area contributed by atoms with Crippen LogP contribution in [-0.4, -0.2) is 34.3 Å². The molecule has 0 bridgehead atoms. The molecule has 116 valence electrons. The van der Waals surface area contributed by atoms with E-state index in [2.05, 4.69) is 15.7 Å². The van der Waals surface area contributed by atoms with Crippen LogP contribution in [0.25, 0.3) is 10.8 Å². The SMILES string of the molecule is C[C@H](Cn1ncc2ccccc2c1=O)NC(=O)[C@H]1CCCN1. The molecule has 0 unspecified atom stereocenters. The highest BCUT2D eigenvalue weighted by Crippen LogP contribution is 2.07. The molecule has 0 aliphatic carbocycles. The van der Waals surface area contributed by atoms with E-state index in [0.717, 1.165) is 24.8 Å². The van der Waals surface area contributed by atoms with Gasteiger partial charge in [0.2, 0.25) is 5.91 Å². The maximum atomic E-state index is 12.4. The van der Waals surface area contributed by atoms with Crippen molar-refractivity contribution in [3.8, 4) is 0 Å². The molecule has 2 N–H and O–H groups in total. The zero-order valence-corrected chi connectivity index (χ0v) is 12.6. The number of hydrogen-bond donors (Lipinski definition) is 2. The van der Waals surface area contributed by atoms with Gasteiger partial charge in [0, 0.05) is 11.4 Å². The monoisotopic (exact) mass is 300 g/mol. The van der Waals surface area contributed by atoms with Crippen LogP contribution in [0.3, 0.4) is 0 Å². The molecule has 0 radical (unpaired) electrons. The second kappa shape index (κ2) is 6.27. The molecule has 1 aromatic carbocycles. The Kier molecular flexibility index (Phi) is 4.20. The quantitative estimate of drug-likeness (QED) is 0.869. The van der Waals surface area contributed by atoms with Gasteiger partial charge in [0.15, 0.2) is 0 Å². The van der Waals surface area contributed by atoms with E-state index in [1.165, 1.54) is 4.68 Å². The highest BCUT2D eigenvalue weighted by Gasteiger charge is 2.23. The Morgan fingerprint density at radius 2 is 2.32 bits per heavy atom. The van der Waals surface area contributed by atoms with E-state index >= 15 is 0 Å². The van der Waals surface area contributed by atoms with Gasteiger partial charge in [-0.2, -0.15) is 5.10 Å². The number of benzene rings is 1. The molecule has 1 aliphatic rings. The molecule has 2 atom stereocenters. The van der Waals surface area contributed by atoms with Crippen LogP contribution in [0.5, 0.6) is 0 Å². The van der Waals surface area contributed by atoms with Crippen molar-refractivity contribution in [3.63, 3.8) is 0 Å². The Morgan fingerprint density at radius 1 is 1.50 bits per heavy atom. The average Bonchev–Trinajstić information content (AvgIpc) is 3.05. The number of carbonyl (C=O) groups is 1. The first kappa shape index (κ1) is 14.7. The van der Waals surface area contributed by atoms with Gasteiger partial charge in [0.1, 0.15) is 0 Å². The van der Waals surface area contributed by atoms with Crippen molar-refractivity contribution >= 4 is 16.7 Å². The number of rotatable bonds is 4. The first-order chi connectivity index (χ1) is 10.6. The van der Waals surface area contributed by atoms with Gasteiger partial charge in [-0.25, -0.2) is 4.68 Å². The molecule has 2 heterocycles. The summed E-state index contributed by atoms with van der Waals surface area (Å²) in [7, 11) is 0. The second-order valence-electron chi connectivity index (χ2n) is 5.78. The van der Waals surface area contributed by atoms with Crippen LogP contribution in [0.4, 0.5) is 0 Å². The predicted octanol–water partition coefficient (Wildman–Crippen LogP) is 0.653. The second-order valence-corrected chi connectivity index (χ2v) is 5.78. The highest BCUT2D eigenvalue weighted by molar-refractivity contribution is 5.82. The largest absolute Gasteiger partial charge is 0.350 e. The van der Waals surface area contributed by atoms with Crippen molar-refractivity contribution in [3.05, 3.63) is 40.8 Å². The number of aromatic nitrogens is 2. The fraction of sp³-hybridized carbons (Fsp3) is 0.438. The minimum atomic E-state index is -0.152. The third kappa shape index (κ3) is 3.01. The fourth-order valence-corrected chi connectivity index (χ4v) is 2.81. The lowest BCUT2D eigenvalue weighted by atomic mass is 10.2. The van der Waals surface area contributed by atoms with Crippen molar-refractivity contribution in [1.82, 2.24) is 20.4 Å². The Bertz CT molecular complexity index is 734. The number of carbonyl (C=O) groups excluding carboxylic acids is 1. The fourth-order valence-electron chi connectivity index (χ4n) is 2.81. The molecule has 1 fully saturated rings. The lowest BCUT2D eigenvalue weighted by Gasteiger charge is -2.17. The standard InChI is InChI=1S/C16H20N4O2/c1-11(19-15(21)14-7-4-8-17-14)10-20-16(22)13-6-3-2-5-12(13)9-18-20/h2-3,5-6,9,11,14,17H,4,7-8,10H2,1H3,(H,19,21)/t11-,14-/m1/s1. The third-order valence-electron chi connectivity index (χ3n) is 3.97. The lowest BCUT2D eigenvalue weighted by Crippen LogP contribution is -2.46. The number of hydrogen-bond acceptors (Lipinski definition) is 4. The van der Waals surface area contributed by atoms with Gasteiger partial charge in [-0.05, 0) is 32.4 Å². The summed E-state index contributed by atoms with van der Waals surface area (Å²) in [6.45, 7) is 3.14. The van der Waals surface area contributed by atoms with E-state index in [9.17, 15) is 9.59 Å². The first-order valence-electron chi connectivity index (χ1n) is 7.64. The lowest BCUT2D eigenvalue weighted by molar-refractivity contribution is -0.123. The van der Waals surface area contributed by atoms with Gasteiger partial charge in [-0.3, -0.25) is 9.59 Å². The summed E-state index contributed by atoms with van der Waals surface area (Å²) in [5.41, 5.74) is -0.127. The maximum Gasteiger partial charge on any atom is 0.274 e. The smallest absolute Gasteiger partial charge is 0.274 e. The molecule has 0 spiro atoms. The summed E-state index contributed by atoms with van der Waals surface area (Å²) < 4.78 is 1.41. The minimum Gasteiger partial charge on any atom is -0.350 e. The van der Waals surface area contributed by atoms with Crippen LogP contribution >= 0.6 is 0 Å². The van der Waals surface area contributed by atoms with Gasteiger partial charge in [-0.15, -0.1) is 0 Å². The molecule has 0 saturated carbocycles. The van der Waals surface area contributed by atoms with E-state index in [1.807, 2.05) is 25.1 Å². The van der Waals surface area contributed by atoms with Crippen LogP contribution in [-0.2, 0) is 11.3 Å². The van der Waals surface area contributed by atoms with Crippen molar-refractivity contribution in [2.45, 2.75) is 38.4 Å². The number of fused-ring (bicyclic) bond motifs is 1. The van der Waals surface area contributed by atoms with Crippen molar-refractivity contribution in [2.24, 2.45) is 0 Å². The van der Waals surface area contributed by atoms with E-state index in [0.29, 0.717) is 11.9 Å². The molecule has 1 amide bonds. The van der Waals surface area contributed by atoms with Gasteiger partial charge >= 0.3 is 0 Å². The minimum absolute atomic E-state index is 0.00108. The van der Waals surface area contributed by atoms with Crippen LogP contribution in [0.2, 0.25) is 0 Å². The molecule has 6 nitrogen and oxygen atoms in total. The van der Waals surface area contributed by atoms with E-state index < -0.39 is 0 Å². The topological polar surface area (TPSA) is 76.0 Å². The van der Waals surface area contributed by atoms with E-state index in [-0.39, 0.29) is 23.6 Å². The molecule has 2 aromatic rings. The van der Waals surface area contributed by atoms with E-state index in [1.54, 1.807) is 12.3 Å². The van der Waals surface area contributed by atoms with Crippen molar-refractivity contribution in [1.29, 1.82) is 0 Å². The molecule has 1 aromatic heterocycles. The highest BCUT2D eigenvalue weighted by atomic mass is 16.2. The average molecular weight is 300 g/mol. The summed E-state index contributed by atoms with van der Waals surface area (Å²) in [5.74, 6) is -0.00108. The maximum absolute atomic E-state index is 12.4. The Balaban J connectivity index is 1.71. The molecular formula is C16H20N4O2. The zero-order valence-electron chi connectivity index (χ0n) is 12.6. The molecule has 3 rings (SSSR count). The Hall–Kier alpha value is -2.21. The Labute approximate surface area is 128 Å². The van der Waals surface area contributed by atoms with Crippen LogP contribution < -0.4 is 16.2 Å². The normalized spacial score (nSPS) is 19.2. The molecular weight excluding hydrogens is 280 g/mol. The number of amides is 1. The first-order valence-corrected chi connectivity index (χ1v) is 7.64. The molecule has 1 aliphatic heterocycles. The molecule has 1 saturated heterocycles. The zero-order chi connectivity index (χ0) is 15.5. The number of nitrogens with zero attached hydrogens (tertiary/aromatic N) is 2. The Morgan fingerprint density at radius 3 is 3.09 bits per heavy atom. The molecule has 6 heteroatoms. The van der Waals surface area contributed by atoms with Gasteiger partial charge in [-0.1, -0.05) is 18.2 Å². The van der Waals surface area contributed by atoms with Crippen molar-refractivity contribution < 1.29 is 4.79 Å². The summed E-state index contributed by atoms with van der Waals surface area (Å²) in [6, 6.07) is 7.12. The van der Waals surface area contributed by atoms with Crippen molar-refractivity contribution in [2.75, 3.05) is 6.54 Å². The summed E-state index contributed by atoms with van der Waals surface area (Å²) >= 11 is 0. The van der Waals surface area contributed by atoms with Gasteiger partial charge in [0.25, 0.3) is 5.56 Å². The van der Waals surface area contributed by atoms with E-state index in [4.69, 9.17) is 0 Å². The van der Waals surface area contributed by atoms with Gasteiger partial charge < -0.3 is 10.6 Å². The summed E-state index contributed by atoms with van der Waals surface area (Å²) in [5, 5.41) is 11.8. The van der Waals surface area contributed by atoms with Crippen LogP contribution in [0.15, 0.2) is 35.3 Å². The third-order valence-corrected chi connectivity index (χ3v) is 3.97. The molecule has 22 heavy (non-hydrogen) atoms. The number of nitrogens with one attached hydrogen (secondary N) is 2. The van der Waals surface area contributed by atoms with Gasteiger partial charge in [0.05, 0.1) is 24.2 Å². The summed E-state index contributed by atoms with van der Waals surface area (Å²) in [4.78, 5) is 24.4. The van der Waals surface area contributed by atoms with Crippen LogP contribution in [0.1, 0.15) is 19.8 Å². The summed E-state index contributed by atoms with van der Waals surface area (Å²) in [6.07, 6.45) is 3.58. The van der Waals surface area contributed by atoms with Crippen LogP contribution in [0, 0.1) is 0 Å². The predicted molar refractivity (Wildman–Crippen MR) is 84.6 cm³/mol.